The number of aromatic nitrogens is 1. The molecule has 0 bridgehead atoms. The fourth-order valence-corrected chi connectivity index (χ4v) is 2.03. The van der Waals surface area contributed by atoms with Gasteiger partial charge in [-0.2, -0.15) is 0 Å². The molecule has 0 aliphatic carbocycles. The number of hydrogen-bond acceptors (Lipinski definition) is 3. The van der Waals surface area contributed by atoms with Crippen molar-refractivity contribution in [3.05, 3.63) is 46.6 Å². The maximum atomic E-state index is 11.2. The second-order valence-electron chi connectivity index (χ2n) is 3.92. The van der Waals surface area contributed by atoms with E-state index in [9.17, 15) is 4.79 Å². The van der Waals surface area contributed by atoms with Crippen molar-refractivity contribution in [3.63, 3.8) is 0 Å². The lowest BCUT2D eigenvalue weighted by molar-refractivity contribution is 0.0691. The highest BCUT2D eigenvalue weighted by molar-refractivity contribution is 6.33. The molecule has 0 aliphatic heterocycles. The highest BCUT2D eigenvalue weighted by atomic mass is 35.5. The number of aryl methyl sites for hydroxylation is 1. The van der Waals surface area contributed by atoms with E-state index in [1.165, 1.54) is 0 Å². The number of carboxylic acids is 1. The summed E-state index contributed by atoms with van der Waals surface area (Å²) in [6, 6.07) is 8.58. The van der Waals surface area contributed by atoms with Gasteiger partial charge in [0.25, 0.3) is 0 Å². The Morgan fingerprint density at radius 3 is 2.56 bits per heavy atom. The van der Waals surface area contributed by atoms with Gasteiger partial charge in [0.1, 0.15) is 5.82 Å². The van der Waals surface area contributed by atoms with E-state index >= 15 is 0 Å². The molecule has 0 saturated carbocycles. The van der Waals surface area contributed by atoms with E-state index in [1.54, 1.807) is 24.3 Å². The molecular formula is C13H11ClN2O2. The predicted octanol–water partition coefficient (Wildman–Crippen LogP) is 2.99. The zero-order valence-electron chi connectivity index (χ0n) is 9.64. The minimum absolute atomic E-state index is 0.0965. The van der Waals surface area contributed by atoms with Gasteiger partial charge in [0.2, 0.25) is 0 Å². The Kier molecular flexibility index (Phi) is 3.21. The fourth-order valence-electron chi connectivity index (χ4n) is 1.69. The summed E-state index contributed by atoms with van der Waals surface area (Å²) >= 11 is 6.13. The average Bonchev–Trinajstić information content (AvgIpc) is 2.29. The normalized spacial score (nSPS) is 10.3. The highest BCUT2D eigenvalue weighted by Gasteiger charge is 2.16. The van der Waals surface area contributed by atoms with E-state index in [0.29, 0.717) is 16.1 Å². The number of carbonyl (C=O) groups is 1. The molecule has 0 atom stereocenters. The third-order valence-corrected chi connectivity index (χ3v) is 2.85. The van der Waals surface area contributed by atoms with Crippen LogP contribution >= 0.6 is 11.6 Å². The maximum Gasteiger partial charge on any atom is 0.355 e. The van der Waals surface area contributed by atoms with Crippen molar-refractivity contribution in [3.8, 4) is 11.1 Å². The lowest BCUT2D eigenvalue weighted by Gasteiger charge is -2.09. The molecule has 0 fully saturated rings. The Morgan fingerprint density at radius 2 is 1.94 bits per heavy atom. The number of nitrogen functional groups attached to an aromatic ring is 1. The lowest BCUT2D eigenvalue weighted by Crippen LogP contribution is -2.05. The Balaban J connectivity index is 2.67. The van der Waals surface area contributed by atoms with Crippen LogP contribution in [0.2, 0.25) is 5.02 Å². The molecule has 0 amide bonds. The van der Waals surface area contributed by atoms with Gasteiger partial charge >= 0.3 is 5.97 Å². The summed E-state index contributed by atoms with van der Waals surface area (Å²) in [7, 11) is 0. The molecule has 0 spiro atoms. The molecule has 92 valence electrons. The molecule has 4 nitrogen and oxygen atoms in total. The van der Waals surface area contributed by atoms with E-state index in [-0.39, 0.29) is 11.5 Å². The topological polar surface area (TPSA) is 76.2 Å². The summed E-state index contributed by atoms with van der Waals surface area (Å²) in [5.74, 6) is -0.965. The monoisotopic (exact) mass is 262 g/mol. The van der Waals surface area contributed by atoms with Gasteiger partial charge < -0.3 is 10.8 Å². The molecule has 0 radical (unpaired) electrons. The summed E-state index contributed by atoms with van der Waals surface area (Å²) in [4.78, 5) is 15.0. The summed E-state index contributed by atoms with van der Waals surface area (Å²) in [6.45, 7) is 1.91. The van der Waals surface area contributed by atoms with E-state index in [4.69, 9.17) is 22.4 Å². The van der Waals surface area contributed by atoms with Crippen LogP contribution in [0, 0.1) is 6.92 Å². The number of aromatic carboxylic acids is 1. The Hall–Kier alpha value is -2.07. The first-order valence-electron chi connectivity index (χ1n) is 5.25. The van der Waals surface area contributed by atoms with Crippen LogP contribution in [0.15, 0.2) is 30.3 Å². The van der Waals surface area contributed by atoms with Crippen molar-refractivity contribution < 1.29 is 9.90 Å². The average molecular weight is 263 g/mol. The Bertz CT molecular complexity index is 626. The van der Waals surface area contributed by atoms with Gasteiger partial charge in [-0.25, -0.2) is 9.78 Å². The maximum absolute atomic E-state index is 11.2. The number of halogens is 1. The van der Waals surface area contributed by atoms with Crippen molar-refractivity contribution in [2.45, 2.75) is 6.92 Å². The smallest absolute Gasteiger partial charge is 0.355 e. The van der Waals surface area contributed by atoms with Gasteiger partial charge in [0, 0.05) is 16.1 Å². The molecular weight excluding hydrogens is 252 g/mol. The zero-order chi connectivity index (χ0) is 13.3. The zero-order valence-corrected chi connectivity index (χ0v) is 10.4. The number of rotatable bonds is 2. The van der Waals surface area contributed by atoms with Gasteiger partial charge in [0.05, 0.1) is 0 Å². The minimum atomic E-state index is -1.13. The highest BCUT2D eigenvalue weighted by Crippen LogP contribution is 2.31. The first-order valence-corrected chi connectivity index (χ1v) is 5.63. The number of nitrogens with two attached hydrogens (primary N) is 1. The van der Waals surface area contributed by atoms with Gasteiger partial charge in [-0.1, -0.05) is 23.7 Å². The van der Waals surface area contributed by atoms with Crippen LogP contribution in [0.4, 0.5) is 5.82 Å². The van der Waals surface area contributed by atoms with Crippen LogP contribution in [-0.2, 0) is 0 Å². The van der Waals surface area contributed by atoms with E-state index in [0.717, 1.165) is 5.56 Å². The molecule has 5 heteroatoms. The molecule has 2 aromatic rings. The molecule has 2 rings (SSSR count). The molecule has 0 aliphatic rings. The number of pyridine rings is 1. The molecule has 3 N–H and O–H groups in total. The van der Waals surface area contributed by atoms with Gasteiger partial charge in [-0.3, -0.25) is 0 Å². The van der Waals surface area contributed by atoms with Crippen molar-refractivity contribution in [1.29, 1.82) is 0 Å². The van der Waals surface area contributed by atoms with Crippen LogP contribution in [-0.4, -0.2) is 16.1 Å². The van der Waals surface area contributed by atoms with Crippen LogP contribution in [0.25, 0.3) is 11.1 Å². The van der Waals surface area contributed by atoms with Gasteiger partial charge in [0.15, 0.2) is 5.69 Å². The van der Waals surface area contributed by atoms with Crippen LogP contribution in [0.5, 0.6) is 0 Å². The van der Waals surface area contributed by atoms with Crippen molar-refractivity contribution in [2.75, 3.05) is 5.73 Å². The molecule has 18 heavy (non-hydrogen) atoms. The van der Waals surface area contributed by atoms with Crippen molar-refractivity contribution >= 4 is 23.4 Å². The van der Waals surface area contributed by atoms with Crippen LogP contribution < -0.4 is 5.73 Å². The quantitative estimate of drug-likeness (QED) is 0.872. The van der Waals surface area contributed by atoms with E-state index in [2.05, 4.69) is 4.98 Å². The lowest BCUT2D eigenvalue weighted by atomic mass is 10.0. The first kappa shape index (κ1) is 12.4. The number of carboxylic acid groups (broad SMARTS) is 1. The minimum Gasteiger partial charge on any atom is -0.476 e. The first-order chi connectivity index (χ1) is 8.49. The number of nitrogens with zero attached hydrogens (tertiary/aromatic N) is 1. The standard InChI is InChI=1S/C13H11ClN2O2/c1-7-2-3-8(10(14)6-7)9-4-5-11(15)16-12(9)13(17)18/h2-6H,1H3,(H2,15,16)(H,17,18). The molecule has 1 heterocycles. The Morgan fingerprint density at radius 1 is 1.28 bits per heavy atom. The van der Waals surface area contributed by atoms with Gasteiger partial charge in [-0.05, 0) is 30.7 Å². The van der Waals surface area contributed by atoms with E-state index in [1.807, 2.05) is 13.0 Å². The largest absolute Gasteiger partial charge is 0.476 e. The van der Waals surface area contributed by atoms with Crippen LogP contribution in [0.3, 0.4) is 0 Å². The number of benzene rings is 1. The molecule has 1 aromatic carbocycles. The second kappa shape index (κ2) is 4.66. The van der Waals surface area contributed by atoms with Gasteiger partial charge in [-0.15, -0.1) is 0 Å². The summed E-state index contributed by atoms with van der Waals surface area (Å²) in [5, 5.41) is 9.63. The van der Waals surface area contributed by atoms with Crippen molar-refractivity contribution in [1.82, 2.24) is 4.98 Å². The van der Waals surface area contributed by atoms with Crippen molar-refractivity contribution in [2.24, 2.45) is 0 Å². The van der Waals surface area contributed by atoms with E-state index < -0.39 is 5.97 Å². The molecule has 1 aromatic heterocycles. The third-order valence-electron chi connectivity index (χ3n) is 2.53. The SMILES string of the molecule is Cc1ccc(-c2ccc(N)nc2C(=O)O)c(Cl)c1. The molecule has 0 unspecified atom stereocenters. The summed E-state index contributed by atoms with van der Waals surface area (Å²) in [6.07, 6.45) is 0. The third kappa shape index (κ3) is 2.28. The summed E-state index contributed by atoms with van der Waals surface area (Å²) < 4.78 is 0. The Labute approximate surface area is 109 Å². The molecule has 0 saturated heterocycles. The predicted molar refractivity (Wildman–Crippen MR) is 70.8 cm³/mol. The number of anilines is 1. The second-order valence-corrected chi connectivity index (χ2v) is 4.33. The van der Waals surface area contributed by atoms with Crippen LogP contribution in [0.1, 0.15) is 16.1 Å². The number of hydrogen-bond donors (Lipinski definition) is 2. The fraction of sp³-hybridized carbons (Fsp3) is 0.0769. The summed E-state index contributed by atoms with van der Waals surface area (Å²) in [5.41, 5.74) is 7.50.